The molecule has 0 atom stereocenters. The second-order valence-corrected chi connectivity index (χ2v) is 5.84. The summed E-state index contributed by atoms with van der Waals surface area (Å²) in [4.78, 5) is 23.5. The molecule has 0 saturated carbocycles. The van der Waals surface area contributed by atoms with Crippen molar-refractivity contribution < 1.29 is 13.6 Å². The number of nitrogens with two attached hydrogens (primary N) is 1. The Balaban J connectivity index is 2.28. The summed E-state index contributed by atoms with van der Waals surface area (Å²) >= 11 is 3.20. The summed E-state index contributed by atoms with van der Waals surface area (Å²) in [6, 6.07) is 1.84. The zero-order valence-electron chi connectivity index (χ0n) is 12.2. The average molecular weight is 398 g/mol. The van der Waals surface area contributed by atoms with Crippen LogP contribution in [0.4, 0.5) is 20.3 Å². The summed E-state index contributed by atoms with van der Waals surface area (Å²) in [5.41, 5.74) is 4.58. The Hall–Kier alpha value is -2.75. The van der Waals surface area contributed by atoms with Crippen molar-refractivity contribution in [1.82, 2.24) is 14.8 Å². The minimum Gasteiger partial charge on any atom is -0.382 e. The number of hydrogen-bond acceptors (Lipinski definition) is 4. The lowest BCUT2D eigenvalue weighted by atomic mass is 10.2. The van der Waals surface area contributed by atoms with Crippen LogP contribution in [0.3, 0.4) is 0 Å². The molecule has 0 aliphatic rings. The van der Waals surface area contributed by atoms with Gasteiger partial charge in [0.25, 0.3) is 5.56 Å². The SMILES string of the molecule is CC(=O)Nc1cc(F)c(-n2cc(Br)c3[nH]nc(N)c3c2=O)c(F)c1. The van der Waals surface area contributed by atoms with Crippen molar-refractivity contribution in [3.05, 3.63) is 44.8 Å². The van der Waals surface area contributed by atoms with E-state index in [0.717, 1.165) is 16.7 Å². The van der Waals surface area contributed by atoms with Crippen LogP contribution in [0.2, 0.25) is 0 Å². The van der Waals surface area contributed by atoms with Gasteiger partial charge in [-0.3, -0.25) is 19.3 Å². The van der Waals surface area contributed by atoms with E-state index in [4.69, 9.17) is 5.73 Å². The zero-order chi connectivity index (χ0) is 17.6. The Labute approximate surface area is 141 Å². The number of benzene rings is 1. The molecule has 0 saturated heterocycles. The van der Waals surface area contributed by atoms with Gasteiger partial charge in [-0.05, 0) is 28.1 Å². The Morgan fingerprint density at radius 1 is 1.38 bits per heavy atom. The maximum atomic E-state index is 14.4. The lowest BCUT2D eigenvalue weighted by Crippen LogP contribution is -2.21. The first-order chi connectivity index (χ1) is 11.3. The predicted molar refractivity (Wildman–Crippen MR) is 88.0 cm³/mol. The molecule has 0 aliphatic carbocycles. The van der Waals surface area contributed by atoms with E-state index in [2.05, 4.69) is 31.4 Å². The molecule has 0 unspecified atom stereocenters. The molecule has 0 fully saturated rings. The normalized spacial score (nSPS) is 11.0. The third-order valence-electron chi connectivity index (χ3n) is 3.29. The Kier molecular flexibility index (Phi) is 3.84. The number of carbonyl (C=O) groups excluding carboxylic acids is 1. The first kappa shape index (κ1) is 16.1. The van der Waals surface area contributed by atoms with Gasteiger partial charge >= 0.3 is 0 Å². The lowest BCUT2D eigenvalue weighted by Gasteiger charge is -2.11. The van der Waals surface area contributed by atoms with E-state index in [1.165, 1.54) is 13.1 Å². The number of aromatic amines is 1. The van der Waals surface area contributed by atoms with Crippen molar-refractivity contribution in [1.29, 1.82) is 0 Å². The van der Waals surface area contributed by atoms with Crippen LogP contribution in [0.25, 0.3) is 16.6 Å². The number of carbonyl (C=O) groups is 1. The molecule has 10 heteroatoms. The van der Waals surface area contributed by atoms with Crippen LogP contribution in [0.15, 0.2) is 27.6 Å². The Morgan fingerprint density at radius 2 is 2.00 bits per heavy atom. The number of anilines is 2. The van der Waals surface area contributed by atoms with E-state index >= 15 is 0 Å². The number of H-pyrrole nitrogens is 1. The number of nitrogen functional groups attached to an aromatic ring is 1. The van der Waals surface area contributed by atoms with Gasteiger partial charge in [0, 0.05) is 18.8 Å². The van der Waals surface area contributed by atoms with E-state index in [9.17, 15) is 18.4 Å². The molecule has 1 aromatic carbocycles. The smallest absolute Gasteiger partial charge is 0.268 e. The molecule has 2 heterocycles. The first-order valence-electron chi connectivity index (χ1n) is 6.61. The predicted octanol–water partition coefficient (Wildman–Crippen LogP) is 2.30. The van der Waals surface area contributed by atoms with Crippen LogP contribution in [-0.4, -0.2) is 20.7 Å². The Morgan fingerprint density at radius 3 is 2.58 bits per heavy atom. The zero-order valence-corrected chi connectivity index (χ0v) is 13.7. The van der Waals surface area contributed by atoms with Gasteiger partial charge in [-0.2, -0.15) is 5.10 Å². The van der Waals surface area contributed by atoms with Gasteiger partial charge in [-0.25, -0.2) is 8.78 Å². The standard InChI is InChI=1S/C14H10BrF2N5O2/c1-5(23)19-6-2-8(16)12(9(17)3-6)22-4-7(15)11-10(14(22)24)13(18)21-20-11/h2-4H,1H3,(H,19,23)(H3,18,20,21). The van der Waals surface area contributed by atoms with Crippen LogP contribution >= 0.6 is 15.9 Å². The third kappa shape index (κ3) is 2.54. The van der Waals surface area contributed by atoms with E-state index in [1.54, 1.807) is 0 Å². The molecular weight excluding hydrogens is 388 g/mol. The highest BCUT2D eigenvalue weighted by atomic mass is 79.9. The highest BCUT2D eigenvalue weighted by Crippen LogP contribution is 2.26. The number of rotatable bonds is 2. The van der Waals surface area contributed by atoms with Gasteiger partial charge < -0.3 is 11.1 Å². The molecule has 1 amide bonds. The second kappa shape index (κ2) is 5.71. The summed E-state index contributed by atoms with van der Waals surface area (Å²) in [6.45, 7) is 1.21. The van der Waals surface area contributed by atoms with E-state index in [0.29, 0.717) is 9.99 Å². The Bertz CT molecular complexity index is 1020. The number of aromatic nitrogens is 3. The van der Waals surface area contributed by atoms with Crippen LogP contribution in [0.5, 0.6) is 0 Å². The molecule has 24 heavy (non-hydrogen) atoms. The fraction of sp³-hybridized carbons (Fsp3) is 0.0714. The van der Waals surface area contributed by atoms with Crippen LogP contribution < -0.4 is 16.6 Å². The van der Waals surface area contributed by atoms with Gasteiger partial charge in [0.05, 0.1) is 9.99 Å². The number of amides is 1. The maximum absolute atomic E-state index is 14.4. The summed E-state index contributed by atoms with van der Waals surface area (Å²) < 4.78 is 29.9. The second-order valence-electron chi connectivity index (χ2n) is 4.98. The van der Waals surface area contributed by atoms with E-state index in [-0.39, 0.29) is 16.9 Å². The highest BCUT2D eigenvalue weighted by molar-refractivity contribution is 9.10. The molecule has 0 bridgehead atoms. The fourth-order valence-electron chi connectivity index (χ4n) is 2.34. The van der Waals surface area contributed by atoms with Crippen molar-refractivity contribution >= 4 is 44.2 Å². The number of halogens is 3. The largest absolute Gasteiger partial charge is 0.382 e. The van der Waals surface area contributed by atoms with E-state index < -0.39 is 28.8 Å². The topological polar surface area (TPSA) is 106 Å². The first-order valence-corrected chi connectivity index (χ1v) is 7.40. The molecule has 3 aromatic rings. The molecule has 3 rings (SSSR count). The van der Waals surface area contributed by atoms with Crippen molar-refractivity contribution in [3.8, 4) is 5.69 Å². The van der Waals surface area contributed by atoms with Crippen LogP contribution in [0, 0.1) is 11.6 Å². The number of fused-ring (bicyclic) bond motifs is 1. The van der Waals surface area contributed by atoms with Gasteiger partial charge in [-0.1, -0.05) is 0 Å². The molecule has 0 aliphatic heterocycles. The number of nitrogens with zero attached hydrogens (tertiary/aromatic N) is 2. The average Bonchev–Trinajstić information content (AvgIpc) is 2.85. The summed E-state index contributed by atoms with van der Waals surface area (Å²) in [7, 11) is 0. The monoisotopic (exact) mass is 397 g/mol. The van der Waals surface area contributed by atoms with E-state index in [1.807, 2.05) is 0 Å². The maximum Gasteiger partial charge on any atom is 0.268 e. The van der Waals surface area contributed by atoms with Crippen molar-refractivity contribution in [2.75, 3.05) is 11.1 Å². The molecular formula is C14H10BrF2N5O2. The van der Waals surface area contributed by atoms with Crippen LogP contribution in [-0.2, 0) is 4.79 Å². The third-order valence-corrected chi connectivity index (χ3v) is 3.89. The van der Waals surface area contributed by atoms with Crippen molar-refractivity contribution in [2.45, 2.75) is 6.92 Å². The highest BCUT2D eigenvalue weighted by Gasteiger charge is 2.19. The van der Waals surface area contributed by atoms with Gasteiger partial charge in [0.15, 0.2) is 17.5 Å². The summed E-state index contributed by atoms with van der Waals surface area (Å²) in [5, 5.41) is 8.57. The number of hydrogen-bond donors (Lipinski definition) is 3. The summed E-state index contributed by atoms with van der Waals surface area (Å²) in [6.07, 6.45) is 1.21. The molecule has 2 aromatic heterocycles. The van der Waals surface area contributed by atoms with Crippen molar-refractivity contribution in [3.63, 3.8) is 0 Å². The molecule has 4 N–H and O–H groups in total. The molecule has 124 valence electrons. The molecule has 0 radical (unpaired) electrons. The van der Waals surface area contributed by atoms with Gasteiger partial charge in [0.2, 0.25) is 5.91 Å². The minimum atomic E-state index is -1.02. The fourth-order valence-corrected chi connectivity index (χ4v) is 2.83. The van der Waals surface area contributed by atoms with Crippen molar-refractivity contribution in [2.24, 2.45) is 0 Å². The quantitative estimate of drug-likeness (QED) is 0.616. The number of pyridine rings is 1. The molecule has 7 nitrogen and oxygen atoms in total. The lowest BCUT2D eigenvalue weighted by molar-refractivity contribution is -0.114. The molecule has 0 spiro atoms. The van der Waals surface area contributed by atoms with Gasteiger partial charge in [0.1, 0.15) is 11.1 Å². The minimum absolute atomic E-state index is 0.00844. The summed E-state index contributed by atoms with van der Waals surface area (Å²) in [5.74, 6) is -2.60. The number of nitrogens with one attached hydrogen (secondary N) is 2. The van der Waals surface area contributed by atoms with Crippen LogP contribution in [0.1, 0.15) is 6.92 Å². The van der Waals surface area contributed by atoms with Gasteiger partial charge in [-0.15, -0.1) is 0 Å².